The van der Waals surface area contributed by atoms with E-state index in [-0.39, 0.29) is 12.5 Å². The maximum absolute atomic E-state index is 11.4. The Morgan fingerprint density at radius 3 is 2.58 bits per heavy atom. The Bertz CT molecular complexity index is 415. The van der Waals surface area contributed by atoms with Gasteiger partial charge in [0.1, 0.15) is 0 Å². The largest absolute Gasteiger partial charge is 0.395 e. The van der Waals surface area contributed by atoms with Crippen LogP contribution in [0.15, 0.2) is 12.1 Å². The van der Waals surface area contributed by atoms with Gasteiger partial charge in [0.05, 0.1) is 6.61 Å². The lowest BCUT2D eigenvalue weighted by atomic mass is 10.3. The highest BCUT2D eigenvalue weighted by molar-refractivity contribution is 5.91. The molecule has 104 valence electrons. The summed E-state index contributed by atoms with van der Waals surface area (Å²) in [6.07, 6.45) is 0. The molecule has 0 atom stereocenters. The number of amides is 1. The van der Waals surface area contributed by atoms with Gasteiger partial charge in [-0.3, -0.25) is 9.69 Å². The van der Waals surface area contributed by atoms with E-state index in [2.05, 4.69) is 25.3 Å². The molecule has 2 N–H and O–H groups in total. The van der Waals surface area contributed by atoms with Gasteiger partial charge in [0, 0.05) is 39.8 Å². The van der Waals surface area contributed by atoms with Crippen molar-refractivity contribution in [3.05, 3.63) is 17.8 Å². The number of carbonyl (C=O) groups excluding carboxylic acids is 1. The van der Waals surface area contributed by atoms with E-state index in [0.29, 0.717) is 5.69 Å². The van der Waals surface area contributed by atoms with Crippen LogP contribution < -0.4 is 10.2 Å². The van der Waals surface area contributed by atoms with Gasteiger partial charge in [0.15, 0.2) is 11.5 Å². The summed E-state index contributed by atoms with van der Waals surface area (Å²) in [5.74, 6) is 0.558. The molecule has 0 saturated carbocycles. The van der Waals surface area contributed by atoms with Crippen LogP contribution in [0.25, 0.3) is 0 Å². The molecule has 1 fully saturated rings. The number of aromatic nitrogens is 2. The summed E-state index contributed by atoms with van der Waals surface area (Å²) in [5.41, 5.74) is 0.324. The van der Waals surface area contributed by atoms with Crippen LogP contribution in [0.5, 0.6) is 0 Å². The third kappa shape index (κ3) is 3.39. The Morgan fingerprint density at radius 1 is 1.32 bits per heavy atom. The zero-order valence-electron chi connectivity index (χ0n) is 11.0. The van der Waals surface area contributed by atoms with E-state index in [1.165, 1.54) is 0 Å². The molecular formula is C12H19N5O2. The van der Waals surface area contributed by atoms with E-state index < -0.39 is 0 Å². The lowest BCUT2D eigenvalue weighted by molar-refractivity contribution is 0.0957. The zero-order valence-corrected chi connectivity index (χ0v) is 11.0. The van der Waals surface area contributed by atoms with E-state index in [4.69, 9.17) is 5.11 Å². The minimum atomic E-state index is -0.230. The molecule has 0 bridgehead atoms. The third-order valence-corrected chi connectivity index (χ3v) is 3.22. The van der Waals surface area contributed by atoms with Crippen LogP contribution in [0.4, 0.5) is 5.82 Å². The first-order chi connectivity index (χ1) is 9.24. The Balaban J connectivity index is 1.94. The molecule has 0 spiro atoms. The van der Waals surface area contributed by atoms with Crippen LogP contribution in [0.3, 0.4) is 0 Å². The first-order valence-electron chi connectivity index (χ1n) is 6.38. The highest BCUT2D eigenvalue weighted by Crippen LogP contribution is 2.12. The molecule has 7 nitrogen and oxygen atoms in total. The number of hydrogen-bond acceptors (Lipinski definition) is 6. The number of hydrogen-bond donors (Lipinski definition) is 2. The summed E-state index contributed by atoms with van der Waals surface area (Å²) >= 11 is 0. The van der Waals surface area contributed by atoms with Crippen molar-refractivity contribution in [3.8, 4) is 0 Å². The number of piperazine rings is 1. The number of anilines is 1. The normalized spacial score (nSPS) is 16.4. The average Bonchev–Trinajstić information content (AvgIpc) is 2.48. The number of aliphatic hydroxyl groups excluding tert-OH is 1. The Labute approximate surface area is 112 Å². The lowest BCUT2D eigenvalue weighted by Gasteiger charge is -2.34. The van der Waals surface area contributed by atoms with Crippen molar-refractivity contribution in [2.75, 3.05) is 51.3 Å². The molecule has 0 unspecified atom stereocenters. The third-order valence-electron chi connectivity index (χ3n) is 3.22. The number of aliphatic hydroxyl groups is 1. The first kappa shape index (κ1) is 13.7. The quantitative estimate of drug-likeness (QED) is 0.723. The molecule has 1 aromatic heterocycles. The predicted octanol–water partition coefficient (Wildman–Crippen LogP) is -1.05. The van der Waals surface area contributed by atoms with Crippen molar-refractivity contribution < 1.29 is 9.90 Å². The highest BCUT2D eigenvalue weighted by atomic mass is 16.3. The van der Waals surface area contributed by atoms with Crippen LogP contribution >= 0.6 is 0 Å². The summed E-state index contributed by atoms with van der Waals surface area (Å²) in [5, 5.41) is 19.4. The van der Waals surface area contributed by atoms with E-state index >= 15 is 0 Å². The fourth-order valence-electron chi connectivity index (χ4n) is 2.09. The molecule has 1 aliphatic heterocycles. The van der Waals surface area contributed by atoms with Crippen molar-refractivity contribution in [1.82, 2.24) is 20.4 Å². The zero-order chi connectivity index (χ0) is 13.7. The van der Waals surface area contributed by atoms with Gasteiger partial charge in [-0.25, -0.2) is 0 Å². The van der Waals surface area contributed by atoms with E-state index in [1.54, 1.807) is 13.1 Å². The van der Waals surface area contributed by atoms with Crippen LogP contribution in [0.2, 0.25) is 0 Å². The van der Waals surface area contributed by atoms with E-state index in [1.807, 2.05) is 6.07 Å². The molecule has 19 heavy (non-hydrogen) atoms. The smallest absolute Gasteiger partial charge is 0.271 e. The SMILES string of the molecule is CNC(=O)c1ccc(N2CCN(CCO)CC2)nn1. The number of carbonyl (C=O) groups is 1. The molecule has 7 heteroatoms. The monoisotopic (exact) mass is 265 g/mol. The van der Waals surface area contributed by atoms with Gasteiger partial charge in [-0.15, -0.1) is 10.2 Å². The number of nitrogens with one attached hydrogen (secondary N) is 1. The molecule has 0 radical (unpaired) electrons. The second-order valence-electron chi connectivity index (χ2n) is 4.41. The molecule has 1 amide bonds. The lowest BCUT2D eigenvalue weighted by Crippen LogP contribution is -2.47. The standard InChI is InChI=1S/C12H19N5O2/c1-13-12(19)10-2-3-11(15-14-10)17-6-4-16(5-7-17)8-9-18/h2-3,18H,4-9H2,1H3,(H,13,19). The van der Waals surface area contributed by atoms with Gasteiger partial charge in [-0.1, -0.05) is 0 Å². The molecule has 0 aliphatic carbocycles. The molecule has 1 saturated heterocycles. The number of nitrogens with zero attached hydrogens (tertiary/aromatic N) is 4. The molecule has 2 rings (SSSR count). The molecule has 1 aliphatic rings. The molecule has 2 heterocycles. The first-order valence-corrected chi connectivity index (χ1v) is 6.38. The van der Waals surface area contributed by atoms with Gasteiger partial charge < -0.3 is 15.3 Å². The highest BCUT2D eigenvalue weighted by Gasteiger charge is 2.18. The van der Waals surface area contributed by atoms with Crippen molar-refractivity contribution in [2.24, 2.45) is 0 Å². The van der Waals surface area contributed by atoms with Crippen molar-refractivity contribution in [2.45, 2.75) is 0 Å². The predicted molar refractivity (Wildman–Crippen MR) is 71.2 cm³/mol. The summed E-state index contributed by atoms with van der Waals surface area (Å²) < 4.78 is 0. The maximum Gasteiger partial charge on any atom is 0.271 e. The fraction of sp³-hybridized carbons (Fsp3) is 0.583. The van der Waals surface area contributed by atoms with Gasteiger partial charge >= 0.3 is 0 Å². The number of rotatable bonds is 4. The van der Waals surface area contributed by atoms with Crippen molar-refractivity contribution in [1.29, 1.82) is 0 Å². The summed E-state index contributed by atoms with van der Waals surface area (Å²) in [6, 6.07) is 3.50. The van der Waals surface area contributed by atoms with Crippen molar-refractivity contribution >= 4 is 11.7 Å². The van der Waals surface area contributed by atoms with Crippen LogP contribution in [0.1, 0.15) is 10.5 Å². The summed E-state index contributed by atoms with van der Waals surface area (Å²) in [4.78, 5) is 15.7. The number of β-amino-alcohol motifs (C(OH)–C–C–N with tert-alkyl or cyclic N) is 1. The second-order valence-corrected chi connectivity index (χ2v) is 4.41. The van der Waals surface area contributed by atoms with Crippen LogP contribution in [-0.4, -0.2) is 72.5 Å². The van der Waals surface area contributed by atoms with Crippen LogP contribution in [-0.2, 0) is 0 Å². The Kier molecular flexibility index (Phi) is 4.64. The molecule has 0 aromatic carbocycles. The summed E-state index contributed by atoms with van der Waals surface area (Å²) in [7, 11) is 1.57. The fourth-order valence-corrected chi connectivity index (χ4v) is 2.09. The van der Waals surface area contributed by atoms with E-state index in [0.717, 1.165) is 38.5 Å². The van der Waals surface area contributed by atoms with Crippen molar-refractivity contribution in [3.63, 3.8) is 0 Å². The Hall–Kier alpha value is -1.73. The summed E-state index contributed by atoms with van der Waals surface area (Å²) in [6.45, 7) is 4.43. The Morgan fingerprint density at radius 2 is 2.05 bits per heavy atom. The van der Waals surface area contributed by atoms with Crippen LogP contribution in [0, 0.1) is 0 Å². The molecular weight excluding hydrogens is 246 g/mol. The minimum Gasteiger partial charge on any atom is -0.395 e. The van der Waals surface area contributed by atoms with E-state index in [9.17, 15) is 4.79 Å². The maximum atomic E-state index is 11.4. The minimum absolute atomic E-state index is 0.195. The second kappa shape index (κ2) is 6.44. The van der Waals surface area contributed by atoms with Gasteiger partial charge in [0.2, 0.25) is 0 Å². The average molecular weight is 265 g/mol. The topological polar surface area (TPSA) is 81.6 Å². The van der Waals surface area contributed by atoms with Gasteiger partial charge in [0.25, 0.3) is 5.91 Å². The van der Waals surface area contributed by atoms with Gasteiger partial charge in [-0.05, 0) is 12.1 Å². The molecule has 1 aromatic rings. The van der Waals surface area contributed by atoms with Gasteiger partial charge in [-0.2, -0.15) is 0 Å².